The second-order valence-corrected chi connectivity index (χ2v) is 8.25. The highest BCUT2D eigenvalue weighted by atomic mass is 35.5. The Kier molecular flexibility index (Phi) is 3.99. The number of amides is 1. The first-order valence-corrected chi connectivity index (χ1v) is 9.80. The number of carbonyl (C=O) groups excluding carboxylic acids is 1. The third-order valence-electron chi connectivity index (χ3n) is 5.69. The number of para-hydroxylation sites is 1. The van der Waals surface area contributed by atoms with Crippen LogP contribution in [0.4, 0.5) is 0 Å². The molecule has 2 aliphatic carbocycles. The fourth-order valence-electron chi connectivity index (χ4n) is 4.22. The summed E-state index contributed by atoms with van der Waals surface area (Å²) >= 11 is 12.8. The number of piperidine rings is 1. The van der Waals surface area contributed by atoms with Gasteiger partial charge in [0.1, 0.15) is 5.69 Å². The first kappa shape index (κ1) is 16.6. The molecule has 7 heteroatoms. The Hall–Kier alpha value is -1.56. The average Bonchev–Trinajstić information content (AvgIpc) is 3.09. The lowest BCUT2D eigenvalue weighted by Gasteiger charge is -2.23. The van der Waals surface area contributed by atoms with Crippen molar-refractivity contribution in [2.75, 3.05) is 0 Å². The summed E-state index contributed by atoms with van der Waals surface area (Å²) in [5.41, 5.74) is 2.88. The number of fused-ring (bicyclic) bond motifs is 2. The van der Waals surface area contributed by atoms with E-state index in [0.717, 1.165) is 18.5 Å². The fourth-order valence-corrected chi connectivity index (χ4v) is 4.78. The van der Waals surface area contributed by atoms with Crippen LogP contribution >= 0.6 is 23.2 Å². The average molecular weight is 392 g/mol. The van der Waals surface area contributed by atoms with E-state index in [2.05, 4.69) is 10.4 Å². The molecule has 5 rings (SSSR count). The number of nitrogens with zero attached hydrogens (tertiary/aromatic N) is 2. The van der Waals surface area contributed by atoms with Gasteiger partial charge < -0.3 is 10.1 Å². The maximum Gasteiger partial charge on any atom is 0.226 e. The van der Waals surface area contributed by atoms with Crippen molar-refractivity contribution in [3.05, 3.63) is 45.7 Å². The highest BCUT2D eigenvalue weighted by molar-refractivity contribution is 6.37. The molecule has 3 aliphatic rings. The van der Waals surface area contributed by atoms with E-state index in [4.69, 9.17) is 27.9 Å². The molecule has 1 N–H and O–H groups in total. The molecule has 0 spiro atoms. The third kappa shape index (κ3) is 2.73. The Morgan fingerprint density at radius 1 is 1.23 bits per heavy atom. The molecule has 1 aromatic heterocycles. The van der Waals surface area contributed by atoms with Gasteiger partial charge in [0.05, 0.1) is 40.6 Å². The zero-order valence-corrected chi connectivity index (χ0v) is 15.6. The summed E-state index contributed by atoms with van der Waals surface area (Å²) in [6.07, 6.45) is 6.00. The lowest BCUT2D eigenvalue weighted by Crippen LogP contribution is -2.39. The number of ether oxygens (including phenoxy) is 1. The summed E-state index contributed by atoms with van der Waals surface area (Å²) in [6.45, 7) is 0.411. The normalized spacial score (nSPS) is 27.2. The van der Waals surface area contributed by atoms with E-state index in [0.29, 0.717) is 28.3 Å². The molecule has 3 atom stereocenters. The number of rotatable bonds is 5. The Labute approximate surface area is 161 Å². The highest BCUT2D eigenvalue weighted by Gasteiger charge is 2.46. The molecule has 1 saturated heterocycles. The van der Waals surface area contributed by atoms with E-state index in [9.17, 15) is 4.79 Å². The summed E-state index contributed by atoms with van der Waals surface area (Å²) in [6, 6.07) is 5.71. The minimum absolute atomic E-state index is 0.0223. The summed E-state index contributed by atoms with van der Waals surface area (Å²) in [5.74, 6) is 0.632. The van der Waals surface area contributed by atoms with Gasteiger partial charge >= 0.3 is 0 Å². The van der Waals surface area contributed by atoms with Gasteiger partial charge in [-0.25, -0.2) is 4.68 Å². The van der Waals surface area contributed by atoms with Crippen molar-refractivity contribution in [3.63, 3.8) is 0 Å². The maximum atomic E-state index is 11.9. The quantitative estimate of drug-likeness (QED) is 0.841. The Morgan fingerprint density at radius 3 is 2.65 bits per heavy atom. The zero-order valence-electron chi connectivity index (χ0n) is 14.1. The standard InChI is InChI=1S/C19H19Cl2N3O2/c20-14-2-1-3-15(21)18(14)24-16(13(8-22-24)10-4-5-10)9-26-17-7-11-6-12(17)19(25)23-11/h1-3,8,10-12,17H,4-7,9H2,(H,23,25)/t11-,12+,17+/m0/s1. The number of aromatic nitrogens is 2. The van der Waals surface area contributed by atoms with E-state index in [-0.39, 0.29) is 24.0 Å². The molecule has 26 heavy (non-hydrogen) atoms. The zero-order chi connectivity index (χ0) is 17.8. The largest absolute Gasteiger partial charge is 0.371 e. The van der Waals surface area contributed by atoms with Crippen LogP contribution in [0.3, 0.4) is 0 Å². The van der Waals surface area contributed by atoms with E-state index in [1.807, 2.05) is 29.1 Å². The Bertz CT molecular complexity index is 857. The van der Waals surface area contributed by atoms with Gasteiger partial charge in [0, 0.05) is 6.04 Å². The molecule has 136 valence electrons. The van der Waals surface area contributed by atoms with E-state index >= 15 is 0 Å². The topological polar surface area (TPSA) is 56.1 Å². The number of halogens is 2. The molecule has 1 aliphatic heterocycles. The van der Waals surface area contributed by atoms with E-state index < -0.39 is 0 Å². The van der Waals surface area contributed by atoms with Crippen LogP contribution in [0.2, 0.25) is 10.0 Å². The van der Waals surface area contributed by atoms with Crippen molar-refractivity contribution < 1.29 is 9.53 Å². The molecule has 5 nitrogen and oxygen atoms in total. The molecule has 0 radical (unpaired) electrons. The monoisotopic (exact) mass is 391 g/mol. The van der Waals surface area contributed by atoms with Crippen molar-refractivity contribution in [2.45, 2.75) is 50.4 Å². The van der Waals surface area contributed by atoms with Gasteiger partial charge in [-0.15, -0.1) is 0 Å². The van der Waals surface area contributed by atoms with Crippen LogP contribution < -0.4 is 5.32 Å². The second kappa shape index (κ2) is 6.25. The SMILES string of the molecule is O=C1N[C@@H]2C[C@@H](OCc3c(C4CC4)cnn3-c3c(Cl)cccc3Cl)[C@H]1C2. The van der Waals surface area contributed by atoms with Gasteiger partial charge in [0.15, 0.2) is 0 Å². The molecule has 3 fully saturated rings. The first-order chi connectivity index (χ1) is 12.6. The number of benzene rings is 1. The van der Waals surface area contributed by atoms with Gasteiger partial charge in [0.2, 0.25) is 5.91 Å². The van der Waals surface area contributed by atoms with Crippen LogP contribution in [0.5, 0.6) is 0 Å². The van der Waals surface area contributed by atoms with Crippen LogP contribution in [0.25, 0.3) is 5.69 Å². The molecule has 1 aromatic carbocycles. The number of hydrogen-bond donors (Lipinski definition) is 1. The minimum atomic E-state index is -0.0235. The maximum absolute atomic E-state index is 11.9. The smallest absolute Gasteiger partial charge is 0.226 e. The third-order valence-corrected chi connectivity index (χ3v) is 6.30. The van der Waals surface area contributed by atoms with Crippen molar-refractivity contribution in [1.29, 1.82) is 0 Å². The minimum Gasteiger partial charge on any atom is -0.371 e. The Morgan fingerprint density at radius 2 is 2.00 bits per heavy atom. The van der Waals surface area contributed by atoms with Crippen LogP contribution in [0.15, 0.2) is 24.4 Å². The van der Waals surface area contributed by atoms with Crippen LogP contribution in [-0.4, -0.2) is 27.8 Å². The Balaban J connectivity index is 1.46. The summed E-state index contributed by atoms with van der Waals surface area (Å²) in [5, 5.41) is 8.68. The predicted molar refractivity (Wildman–Crippen MR) is 98.8 cm³/mol. The van der Waals surface area contributed by atoms with E-state index in [1.54, 1.807) is 0 Å². The number of nitrogens with one attached hydrogen (secondary N) is 1. The molecular formula is C19H19Cl2N3O2. The summed E-state index contributed by atoms with van der Waals surface area (Å²) in [7, 11) is 0. The van der Waals surface area contributed by atoms with Crippen LogP contribution in [0.1, 0.15) is 42.9 Å². The van der Waals surface area contributed by atoms with Crippen LogP contribution in [0, 0.1) is 5.92 Å². The van der Waals surface area contributed by atoms with Crippen molar-refractivity contribution in [1.82, 2.24) is 15.1 Å². The van der Waals surface area contributed by atoms with Gasteiger partial charge in [-0.2, -0.15) is 5.10 Å². The summed E-state index contributed by atoms with van der Waals surface area (Å²) in [4.78, 5) is 11.9. The van der Waals surface area contributed by atoms with E-state index in [1.165, 1.54) is 18.4 Å². The van der Waals surface area contributed by atoms with Gasteiger partial charge in [-0.3, -0.25) is 4.79 Å². The molecule has 0 unspecified atom stereocenters. The van der Waals surface area contributed by atoms with Gasteiger partial charge in [-0.05, 0) is 49.3 Å². The van der Waals surface area contributed by atoms with Crippen LogP contribution in [-0.2, 0) is 16.1 Å². The van der Waals surface area contributed by atoms with Crippen molar-refractivity contribution in [3.8, 4) is 5.69 Å². The molecule has 2 aromatic rings. The van der Waals surface area contributed by atoms with Gasteiger partial charge in [-0.1, -0.05) is 29.3 Å². The lowest BCUT2D eigenvalue weighted by molar-refractivity contribution is -0.129. The fraction of sp³-hybridized carbons (Fsp3) is 0.474. The van der Waals surface area contributed by atoms with Crippen molar-refractivity contribution in [2.24, 2.45) is 5.92 Å². The second-order valence-electron chi connectivity index (χ2n) is 7.44. The molecule has 2 heterocycles. The predicted octanol–water partition coefficient (Wildman–Crippen LogP) is 3.85. The lowest BCUT2D eigenvalue weighted by atomic mass is 10.1. The molecular weight excluding hydrogens is 373 g/mol. The van der Waals surface area contributed by atoms with Crippen molar-refractivity contribution >= 4 is 29.1 Å². The highest BCUT2D eigenvalue weighted by Crippen LogP contribution is 2.43. The number of carbonyl (C=O) groups is 1. The molecule has 2 bridgehead atoms. The summed E-state index contributed by atoms with van der Waals surface area (Å²) < 4.78 is 8.02. The number of hydrogen-bond acceptors (Lipinski definition) is 3. The molecule has 2 saturated carbocycles. The first-order valence-electron chi connectivity index (χ1n) is 9.05. The molecule has 1 amide bonds. The van der Waals surface area contributed by atoms with Gasteiger partial charge in [0.25, 0.3) is 0 Å².